The molecule has 0 aliphatic rings. The second-order valence-electron chi connectivity index (χ2n) is 3.38. The lowest BCUT2D eigenvalue weighted by atomic mass is 9.82. The predicted octanol–water partition coefficient (Wildman–Crippen LogP) is -0.0107. The molecule has 0 rings (SSSR count). The summed E-state index contributed by atoms with van der Waals surface area (Å²) in [6.45, 7) is 4.54. The maximum Gasteiger partial charge on any atom is 0.158 e. The molecule has 0 bridgehead atoms. The fourth-order valence-electron chi connectivity index (χ4n) is 1.31. The summed E-state index contributed by atoms with van der Waals surface area (Å²) in [5.74, 6) is -0.720. The molecule has 76 valence electrons. The van der Waals surface area contributed by atoms with Gasteiger partial charge in [-0.25, -0.2) is 0 Å². The summed E-state index contributed by atoms with van der Waals surface area (Å²) in [6.07, 6.45) is 1.39. The number of carbonyl (C=O) groups is 2. The third-order valence-corrected chi connectivity index (χ3v) is 2.35. The predicted molar refractivity (Wildman–Crippen MR) is 51.2 cm³/mol. The molecule has 0 aromatic carbocycles. The lowest BCUT2D eigenvalue weighted by Gasteiger charge is -2.29. The van der Waals surface area contributed by atoms with Gasteiger partial charge in [0.05, 0.1) is 0 Å². The van der Waals surface area contributed by atoms with Gasteiger partial charge in [-0.05, 0) is 20.3 Å². The van der Waals surface area contributed by atoms with Crippen LogP contribution < -0.4 is 11.5 Å². The molecule has 4 heteroatoms. The van der Waals surface area contributed by atoms with Gasteiger partial charge >= 0.3 is 0 Å². The molecule has 4 nitrogen and oxygen atoms in total. The van der Waals surface area contributed by atoms with Crippen LogP contribution in [0.5, 0.6) is 0 Å². The molecule has 0 aromatic rings. The van der Waals surface area contributed by atoms with E-state index in [1.54, 1.807) is 0 Å². The van der Waals surface area contributed by atoms with Gasteiger partial charge in [0, 0.05) is 6.04 Å². The van der Waals surface area contributed by atoms with Crippen LogP contribution in [0.2, 0.25) is 0 Å². The van der Waals surface area contributed by atoms with Gasteiger partial charge in [0.2, 0.25) is 0 Å². The second-order valence-corrected chi connectivity index (χ2v) is 3.38. The van der Waals surface area contributed by atoms with Crippen LogP contribution in [0.15, 0.2) is 0 Å². The summed E-state index contributed by atoms with van der Waals surface area (Å²) in [5, 5.41) is 0. The van der Waals surface area contributed by atoms with Crippen molar-refractivity contribution in [3.63, 3.8) is 0 Å². The van der Waals surface area contributed by atoms with Crippen molar-refractivity contribution in [1.82, 2.24) is 0 Å². The molecule has 0 spiro atoms. The highest BCUT2D eigenvalue weighted by Gasteiger charge is 2.41. The Balaban J connectivity index is 4.79. The minimum atomic E-state index is -1.49. The fraction of sp³-hybridized carbons (Fsp3) is 0.778. The van der Waals surface area contributed by atoms with Crippen molar-refractivity contribution < 1.29 is 9.59 Å². The van der Waals surface area contributed by atoms with Gasteiger partial charge in [0.1, 0.15) is 5.54 Å². The quantitative estimate of drug-likeness (QED) is 0.591. The molecular weight excluding hydrogens is 168 g/mol. The zero-order chi connectivity index (χ0) is 10.6. The van der Waals surface area contributed by atoms with Gasteiger partial charge in [-0.1, -0.05) is 13.3 Å². The summed E-state index contributed by atoms with van der Waals surface area (Å²) in [6, 6.07) is -0.576. The largest absolute Gasteiger partial charge is 0.325 e. The number of carbonyl (C=O) groups excluding carboxylic acids is 2. The Morgan fingerprint density at radius 1 is 1.31 bits per heavy atom. The van der Waals surface area contributed by atoms with Crippen LogP contribution >= 0.6 is 0 Å². The molecule has 0 heterocycles. The van der Waals surface area contributed by atoms with Gasteiger partial charge in [0.25, 0.3) is 0 Å². The molecule has 1 atom stereocenters. The Labute approximate surface area is 78.7 Å². The molecule has 0 amide bonds. The minimum Gasteiger partial charge on any atom is -0.325 e. The molecule has 0 aliphatic carbocycles. The van der Waals surface area contributed by atoms with Gasteiger partial charge in [-0.15, -0.1) is 0 Å². The fourth-order valence-corrected chi connectivity index (χ4v) is 1.31. The van der Waals surface area contributed by atoms with Crippen LogP contribution in [-0.2, 0) is 9.59 Å². The first-order chi connectivity index (χ1) is 5.87. The zero-order valence-corrected chi connectivity index (χ0v) is 8.46. The standard InChI is InChI=1S/C9H18N2O2/c1-4-5-8(10)9(11,6(2)12)7(3)13/h8H,4-5,10-11H2,1-3H3. The zero-order valence-electron chi connectivity index (χ0n) is 8.46. The monoisotopic (exact) mass is 186 g/mol. The lowest BCUT2D eigenvalue weighted by Crippen LogP contribution is -2.64. The number of hydrogen-bond donors (Lipinski definition) is 2. The Kier molecular flexibility index (Phi) is 4.23. The summed E-state index contributed by atoms with van der Waals surface area (Å²) in [5.41, 5.74) is 9.90. The van der Waals surface area contributed by atoms with Crippen LogP contribution in [0.4, 0.5) is 0 Å². The highest BCUT2D eigenvalue weighted by Crippen LogP contribution is 2.13. The van der Waals surface area contributed by atoms with Crippen LogP contribution in [0.1, 0.15) is 33.6 Å². The Morgan fingerprint density at radius 3 is 1.92 bits per heavy atom. The molecule has 0 saturated carbocycles. The van der Waals surface area contributed by atoms with E-state index < -0.39 is 11.6 Å². The molecule has 0 aromatic heterocycles. The number of hydrogen-bond acceptors (Lipinski definition) is 4. The van der Waals surface area contributed by atoms with E-state index in [0.717, 1.165) is 6.42 Å². The van der Waals surface area contributed by atoms with Crippen molar-refractivity contribution in [2.45, 2.75) is 45.2 Å². The van der Waals surface area contributed by atoms with Crippen molar-refractivity contribution in [3.8, 4) is 0 Å². The third-order valence-electron chi connectivity index (χ3n) is 2.35. The Hall–Kier alpha value is -0.740. The normalized spacial score (nSPS) is 13.9. The highest BCUT2D eigenvalue weighted by atomic mass is 16.2. The molecular formula is C9H18N2O2. The Morgan fingerprint density at radius 2 is 1.69 bits per heavy atom. The molecule has 1 unspecified atom stereocenters. The summed E-state index contributed by atoms with van der Waals surface area (Å²) in [4.78, 5) is 22.4. The highest BCUT2D eigenvalue weighted by molar-refractivity contribution is 6.10. The lowest BCUT2D eigenvalue weighted by molar-refractivity contribution is -0.133. The third kappa shape index (κ3) is 2.35. The molecule has 0 saturated heterocycles. The van der Waals surface area contributed by atoms with Crippen LogP contribution in [0, 0.1) is 0 Å². The van der Waals surface area contributed by atoms with Crippen LogP contribution in [0.25, 0.3) is 0 Å². The first kappa shape index (κ1) is 12.3. The molecule has 13 heavy (non-hydrogen) atoms. The number of rotatable bonds is 5. The molecule has 0 aliphatic heterocycles. The SMILES string of the molecule is CCCC(N)C(N)(C(C)=O)C(C)=O. The Bertz CT molecular complexity index is 200. The van der Waals surface area contributed by atoms with Gasteiger partial charge in [-0.2, -0.15) is 0 Å². The first-order valence-corrected chi connectivity index (χ1v) is 4.43. The van der Waals surface area contributed by atoms with E-state index in [0.29, 0.717) is 6.42 Å². The maximum absolute atomic E-state index is 11.2. The summed E-state index contributed by atoms with van der Waals surface area (Å²) in [7, 11) is 0. The second kappa shape index (κ2) is 4.48. The number of ketones is 2. The van der Waals surface area contributed by atoms with Crippen LogP contribution in [-0.4, -0.2) is 23.1 Å². The van der Waals surface area contributed by atoms with Crippen LogP contribution in [0.3, 0.4) is 0 Å². The average Bonchev–Trinajstić information content (AvgIpc) is 2.02. The van der Waals surface area contributed by atoms with Crippen molar-refractivity contribution in [2.75, 3.05) is 0 Å². The van der Waals surface area contributed by atoms with Crippen molar-refractivity contribution in [2.24, 2.45) is 11.5 Å². The van der Waals surface area contributed by atoms with E-state index in [-0.39, 0.29) is 11.6 Å². The molecule has 0 fully saturated rings. The smallest absolute Gasteiger partial charge is 0.158 e. The molecule has 0 radical (unpaired) electrons. The number of Topliss-reactive ketones (excluding diaryl/α,β-unsaturated/α-hetero) is 2. The van der Waals surface area contributed by atoms with Crippen molar-refractivity contribution in [1.29, 1.82) is 0 Å². The topological polar surface area (TPSA) is 86.2 Å². The summed E-state index contributed by atoms with van der Waals surface area (Å²) >= 11 is 0. The van der Waals surface area contributed by atoms with E-state index in [2.05, 4.69) is 0 Å². The van der Waals surface area contributed by atoms with Crippen molar-refractivity contribution in [3.05, 3.63) is 0 Å². The van der Waals surface area contributed by atoms with Gasteiger partial charge < -0.3 is 11.5 Å². The van der Waals surface area contributed by atoms with E-state index in [9.17, 15) is 9.59 Å². The van der Waals surface area contributed by atoms with Gasteiger partial charge in [0.15, 0.2) is 11.6 Å². The van der Waals surface area contributed by atoms with E-state index in [4.69, 9.17) is 11.5 Å². The first-order valence-electron chi connectivity index (χ1n) is 4.43. The summed E-state index contributed by atoms with van der Waals surface area (Å²) < 4.78 is 0. The average molecular weight is 186 g/mol. The minimum absolute atomic E-state index is 0.360. The van der Waals surface area contributed by atoms with E-state index >= 15 is 0 Å². The van der Waals surface area contributed by atoms with E-state index in [1.807, 2.05) is 6.92 Å². The van der Waals surface area contributed by atoms with E-state index in [1.165, 1.54) is 13.8 Å². The van der Waals surface area contributed by atoms with Gasteiger partial charge in [-0.3, -0.25) is 9.59 Å². The number of nitrogens with two attached hydrogens (primary N) is 2. The maximum atomic E-state index is 11.2. The van der Waals surface area contributed by atoms with Crippen molar-refractivity contribution >= 4 is 11.6 Å². The molecule has 4 N–H and O–H groups in total.